The number of carbonyl (C=O) groups excluding carboxylic acids is 3. The third kappa shape index (κ3) is 5.94. The van der Waals surface area contributed by atoms with Crippen LogP contribution in [0.15, 0.2) is 36.9 Å². The number of nitrogens with one attached hydrogen (secondary N) is 3. The highest BCUT2D eigenvalue weighted by Gasteiger charge is 2.31. The topological polar surface area (TPSA) is 87.3 Å². The lowest BCUT2D eigenvalue weighted by Gasteiger charge is -2.37. The van der Waals surface area contributed by atoms with Crippen molar-refractivity contribution in [1.82, 2.24) is 10.6 Å². The molecule has 3 N–H and O–H groups in total. The number of carbonyl (C=O) groups is 3. The maximum atomic E-state index is 12.3. The largest absolute Gasteiger partial charge is 0.349 e. The van der Waals surface area contributed by atoms with Gasteiger partial charge in [-0.2, -0.15) is 0 Å². The van der Waals surface area contributed by atoms with Gasteiger partial charge < -0.3 is 16.0 Å². The van der Waals surface area contributed by atoms with E-state index in [-0.39, 0.29) is 17.4 Å². The summed E-state index contributed by atoms with van der Waals surface area (Å²) in [5, 5.41) is 8.05. The summed E-state index contributed by atoms with van der Waals surface area (Å²) < 4.78 is 0. The van der Waals surface area contributed by atoms with E-state index in [9.17, 15) is 14.4 Å². The van der Waals surface area contributed by atoms with Crippen LogP contribution in [0.3, 0.4) is 0 Å². The average molecular weight is 386 g/mol. The minimum Gasteiger partial charge on any atom is -0.349 e. The van der Waals surface area contributed by atoms with E-state index < -0.39 is 11.8 Å². The fraction of sp³-hybridized carbons (Fsp3) is 0.500. The fourth-order valence-corrected chi connectivity index (χ4v) is 3.58. The molecule has 6 nitrogen and oxygen atoms in total. The van der Waals surface area contributed by atoms with E-state index in [1.165, 1.54) is 0 Å². The Labute approximate surface area is 167 Å². The first-order valence-electron chi connectivity index (χ1n) is 9.82. The molecule has 0 spiro atoms. The third-order valence-electron chi connectivity index (χ3n) is 5.32. The van der Waals surface area contributed by atoms with Crippen molar-refractivity contribution in [1.29, 1.82) is 0 Å². The molecular formula is C22H31N3O3. The Hall–Kier alpha value is -2.63. The van der Waals surface area contributed by atoms with Crippen LogP contribution in [0.25, 0.3) is 0 Å². The molecule has 0 bridgehead atoms. The lowest BCUT2D eigenvalue weighted by molar-refractivity contribution is -0.136. The first kappa shape index (κ1) is 21.7. The second-order valence-corrected chi connectivity index (χ2v) is 8.39. The predicted molar refractivity (Wildman–Crippen MR) is 111 cm³/mol. The number of hydrogen-bond acceptors (Lipinski definition) is 3. The van der Waals surface area contributed by atoms with Gasteiger partial charge in [0.25, 0.3) is 5.91 Å². The smallest absolute Gasteiger partial charge is 0.313 e. The monoisotopic (exact) mass is 385 g/mol. The summed E-state index contributed by atoms with van der Waals surface area (Å²) in [7, 11) is 0. The number of amides is 3. The number of benzene rings is 1. The zero-order valence-electron chi connectivity index (χ0n) is 17.0. The molecule has 0 unspecified atom stereocenters. The van der Waals surface area contributed by atoms with Gasteiger partial charge in [-0.3, -0.25) is 14.4 Å². The summed E-state index contributed by atoms with van der Waals surface area (Å²) in [6.45, 7) is 10.6. The van der Waals surface area contributed by atoms with Crippen molar-refractivity contribution in [2.24, 2.45) is 11.3 Å². The molecule has 3 amide bonds. The summed E-state index contributed by atoms with van der Waals surface area (Å²) in [6, 6.07) is 6.61. The van der Waals surface area contributed by atoms with E-state index in [0.717, 1.165) is 25.7 Å². The first-order chi connectivity index (χ1) is 13.2. The number of rotatable bonds is 5. The van der Waals surface area contributed by atoms with Gasteiger partial charge in [-0.15, -0.1) is 6.58 Å². The molecule has 1 aromatic carbocycles. The highest BCUT2D eigenvalue weighted by atomic mass is 16.2. The predicted octanol–water partition coefficient (Wildman–Crippen LogP) is 3.26. The van der Waals surface area contributed by atoms with Gasteiger partial charge in [-0.1, -0.05) is 39.0 Å². The molecule has 152 valence electrons. The highest BCUT2D eigenvalue weighted by molar-refractivity contribution is 6.40. The highest BCUT2D eigenvalue weighted by Crippen LogP contribution is 2.37. The molecule has 1 fully saturated rings. The van der Waals surface area contributed by atoms with Crippen molar-refractivity contribution in [3.05, 3.63) is 42.5 Å². The van der Waals surface area contributed by atoms with Gasteiger partial charge in [-0.25, -0.2) is 0 Å². The maximum Gasteiger partial charge on any atom is 0.313 e. The van der Waals surface area contributed by atoms with Crippen LogP contribution in [0.2, 0.25) is 0 Å². The molecule has 2 rings (SSSR count). The van der Waals surface area contributed by atoms with Crippen molar-refractivity contribution in [3.8, 4) is 0 Å². The van der Waals surface area contributed by atoms with Crippen LogP contribution in [-0.2, 0) is 9.59 Å². The molecular weight excluding hydrogens is 354 g/mol. The van der Waals surface area contributed by atoms with Gasteiger partial charge in [0.15, 0.2) is 0 Å². The first-order valence-corrected chi connectivity index (χ1v) is 9.82. The van der Waals surface area contributed by atoms with Gasteiger partial charge in [0.05, 0.1) is 11.3 Å². The van der Waals surface area contributed by atoms with Crippen molar-refractivity contribution < 1.29 is 14.4 Å². The van der Waals surface area contributed by atoms with Crippen LogP contribution in [0.5, 0.6) is 0 Å². The molecule has 1 aliphatic carbocycles. The standard InChI is InChI=1S/C22H31N3O3/c1-5-14-23-19(26)17-8-6-7-9-18(17)25-21(28)20(27)24-16-12-10-15(11-13-16)22(2,3)4/h5-9,15-16H,1,10-14H2,2-4H3,(H,23,26)(H,24,27)(H,25,28). The molecule has 0 aliphatic heterocycles. The number of para-hydroxylation sites is 1. The van der Waals surface area contributed by atoms with E-state index in [1.54, 1.807) is 30.3 Å². The van der Waals surface area contributed by atoms with Gasteiger partial charge in [-0.05, 0) is 49.1 Å². The van der Waals surface area contributed by atoms with Gasteiger partial charge in [0.2, 0.25) is 0 Å². The van der Waals surface area contributed by atoms with E-state index in [2.05, 4.69) is 43.3 Å². The second kappa shape index (κ2) is 9.53. The Bertz CT molecular complexity index is 729. The van der Waals surface area contributed by atoms with Crippen molar-refractivity contribution >= 4 is 23.4 Å². The summed E-state index contributed by atoms with van der Waals surface area (Å²) in [4.78, 5) is 36.8. The van der Waals surface area contributed by atoms with Gasteiger partial charge in [0.1, 0.15) is 0 Å². The zero-order valence-corrected chi connectivity index (χ0v) is 17.0. The van der Waals surface area contributed by atoms with Crippen molar-refractivity contribution in [2.75, 3.05) is 11.9 Å². The zero-order chi connectivity index (χ0) is 20.7. The SMILES string of the molecule is C=CCNC(=O)c1ccccc1NC(=O)C(=O)NC1CCC(C(C)(C)C)CC1. The summed E-state index contributed by atoms with van der Waals surface area (Å²) in [5.74, 6) is -1.13. The fourth-order valence-electron chi connectivity index (χ4n) is 3.58. The van der Waals surface area contributed by atoms with E-state index in [1.807, 2.05) is 0 Å². The summed E-state index contributed by atoms with van der Waals surface area (Å²) >= 11 is 0. The molecule has 28 heavy (non-hydrogen) atoms. The maximum absolute atomic E-state index is 12.3. The van der Waals surface area contributed by atoms with Crippen molar-refractivity contribution in [3.63, 3.8) is 0 Å². The number of hydrogen-bond donors (Lipinski definition) is 3. The Kier molecular flexibility index (Phi) is 7.38. The van der Waals surface area contributed by atoms with Crippen LogP contribution in [0.4, 0.5) is 5.69 Å². The minimum atomic E-state index is -0.762. The molecule has 0 radical (unpaired) electrons. The van der Waals surface area contributed by atoms with E-state index in [0.29, 0.717) is 23.7 Å². The van der Waals surface area contributed by atoms with Crippen LogP contribution in [-0.4, -0.2) is 30.3 Å². The molecule has 1 aliphatic rings. The van der Waals surface area contributed by atoms with Crippen LogP contribution < -0.4 is 16.0 Å². The molecule has 0 aromatic heterocycles. The Morgan fingerprint density at radius 1 is 1.07 bits per heavy atom. The van der Waals surface area contributed by atoms with Crippen molar-refractivity contribution in [2.45, 2.75) is 52.5 Å². The molecule has 0 saturated heterocycles. The van der Waals surface area contributed by atoms with Crippen LogP contribution in [0, 0.1) is 11.3 Å². The molecule has 0 heterocycles. The normalized spacial score (nSPS) is 19.4. The minimum absolute atomic E-state index is 0.0167. The second-order valence-electron chi connectivity index (χ2n) is 8.39. The number of anilines is 1. The summed E-state index contributed by atoms with van der Waals surface area (Å²) in [5.41, 5.74) is 0.874. The molecule has 1 saturated carbocycles. The van der Waals surface area contributed by atoms with Gasteiger partial charge in [0, 0.05) is 12.6 Å². The van der Waals surface area contributed by atoms with Crippen LogP contribution >= 0.6 is 0 Å². The molecule has 1 aromatic rings. The average Bonchev–Trinajstić information content (AvgIpc) is 2.66. The lowest BCUT2D eigenvalue weighted by Crippen LogP contribution is -2.44. The van der Waals surface area contributed by atoms with E-state index >= 15 is 0 Å². The molecule has 6 heteroatoms. The molecule has 0 atom stereocenters. The quantitative estimate of drug-likeness (QED) is 0.537. The Morgan fingerprint density at radius 3 is 2.32 bits per heavy atom. The Morgan fingerprint density at radius 2 is 1.71 bits per heavy atom. The summed E-state index contributed by atoms with van der Waals surface area (Å²) in [6.07, 6.45) is 5.41. The Balaban J connectivity index is 1.92. The van der Waals surface area contributed by atoms with Gasteiger partial charge >= 0.3 is 11.8 Å². The van der Waals surface area contributed by atoms with E-state index in [4.69, 9.17) is 0 Å². The lowest BCUT2D eigenvalue weighted by atomic mass is 9.71. The van der Waals surface area contributed by atoms with Crippen LogP contribution in [0.1, 0.15) is 56.8 Å². The third-order valence-corrected chi connectivity index (χ3v) is 5.32.